The summed E-state index contributed by atoms with van der Waals surface area (Å²) in [5, 5.41) is 2.46. The van der Waals surface area contributed by atoms with E-state index in [1.54, 1.807) is 0 Å². The molecule has 0 bridgehead atoms. The number of nitrogens with zero attached hydrogens (tertiary/aromatic N) is 2. The largest absolute Gasteiger partial charge is 0.310 e. The second-order valence-electron chi connectivity index (χ2n) is 21.6. The van der Waals surface area contributed by atoms with E-state index < -0.39 is 0 Å². The van der Waals surface area contributed by atoms with Crippen LogP contribution >= 0.6 is 0 Å². The summed E-state index contributed by atoms with van der Waals surface area (Å²) in [5.41, 5.74) is 26.4. The van der Waals surface area contributed by atoms with E-state index in [4.69, 9.17) is 12.8 Å². The van der Waals surface area contributed by atoms with Gasteiger partial charge in [-0.15, -0.1) is 12.8 Å². The fraction of sp³-hybridized carbons (Fsp3) is 0.0380. The molecule has 0 saturated carbocycles. The van der Waals surface area contributed by atoms with Crippen molar-refractivity contribution in [3.8, 4) is 108 Å². The van der Waals surface area contributed by atoms with Gasteiger partial charge in [-0.25, -0.2) is 0 Å². The van der Waals surface area contributed by atoms with Gasteiger partial charge in [0, 0.05) is 50.1 Å². The van der Waals surface area contributed by atoms with Gasteiger partial charge in [0.05, 0.1) is 11.0 Å². The molecular weight excluding hydrogens is 977 g/mol. The van der Waals surface area contributed by atoms with Crippen molar-refractivity contribution in [2.45, 2.75) is 19.3 Å². The van der Waals surface area contributed by atoms with Gasteiger partial charge < -0.3 is 9.47 Å². The van der Waals surface area contributed by atoms with Gasteiger partial charge in [0.1, 0.15) is 0 Å². The number of hydrogen-bond acceptors (Lipinski definition) is 1. The average molecular weight is 1030 g/mol. The van der Waals surface area contributed by atoms with Crippen molar-refractivity contribution >= 4 is 38.9 Å². The van der Waals surface area contributed by atoms with E-state index in [0.29, 0.717) is 11.1 Å². The second kappa shape index (κ2) is 20.0. The Morgan fingerprint density at radius 3 is 1.41 bits per heavy atom. The van der Waals surface area contributed by atoms with Crippen LogP contribution in [-0.2, 0) is 5.41 Å². The van der Waals surface area contributed by atoms with Crippen LogP contribution in [0.1, 0.15) is 36.1 Å². The molecule has 0 radical (unpaired) electrons. The molecule has 13 aromatic rings. The Morgan fingerprint density at radius 1 is 0.321 bits per heavy atom. The Balaban J connectivity index is 0.895. The first-order valence-electron chi connectivity index (χ1n) is 27.6. The van der Waals surface area contributed by atoms with Crippen LogP contribution in [0.2, 0.25) is 0 Å². The smallest absolute Gasteiger partial charge is 0.0541 e. The van der Waals surface area contributed by atoms with E-state index in [0.717, 1.165) is 83.9 Å². The van der Waals surface area contributed by atoms with Crippen LogP contribution in [0.3, 0.4) is 0 Å². The third kappa shape index (κ3) is 8.59. The highest BCUT2D eigenvalue weighted by Gasteiger charge is 2.36. The summed E-state index contributed by atoms with van der Waals surface area (Å²) in [7, 11) is 0. The van der Waals surface area contributed by atoms with Crippen molar-refractivity contribution in [1.29, 1.82) is 0 Å². The predicted molar refractivity (Wildman–Crippen MR) is 342 cm³/mol. The van der Waals surface area contributed by atoms with E-state index in [2.05, 4.69) is 302 Å². The Bertz CT molecular complexity index is 4590. The fourth-order valence-corrected chi connectivity index (χ4v) is 12.5. The molecule has 0 unspecified atom stereocenters. The number of aromatic nitrogens is 1. The second-order valence-corrected chi connectivity index (χ2v) is 21.6. The van der Waals surface area contributed by atoms with Gasteiger partial charge in [-0.1, -0.05) is 196 Å². The van der Waals surface area contributed by atoms with Crippen LogP contribution < -0.4 is 4.90 Å². The van der Waals surface area contributed by atoms with Crippen LogP contribution in [0.25, 0.3) is 105 Å². The number of anilines is 3. The molecule has 0 N–H and O–H groups in total. The molecule has 1 aliphatic rings. The van der Waals surface area contributed by atoms with Gasteiger partial charge in [0.2, 0.25) is 0 Å². The van der Waals surface area contributed by atoms with Gasteiger partial charge in [-0.05, 0) is 198 Å². The number of fused-ring (bicyclic) bond motifs is 6. The molecule has 0 saturated heterocycles. The first kappa shape index (κ1) is 48.7. The highest BCUT2D eigenvalue weighted by atomic mass is 15.1. The van der Waals surface area contributed by atoms with Gasteiger partial charge in [0.15, 0.2) is 0 Å². The summed E-state index contributed by atoms with van der Waals surface area (Å²) in [4.78, 5) is 2.40. The molecule has 1 aliphatic carbocycles. The molecule has 1 heterocycles. The third-order valence-corrected chi connectivity index (χ3v) is 16.5. The SMILES string of the molecule is C#Cc1cccc(-c2cc(-c3ccc(N(c4ccc(-c5ccc6c(c5)c5ccccc5n6-c5ccccc5)cc4)c4ccc5c(c4)C(C)(C)c4ccccc4-5)cc3)cc(-c3cc(-c4ccccc4)cc(-c4ccccc4)c3)c2)c1C#C. The van der Waals surface area contributed by atoms with E-state index in [1.165, 1.54) is 49.6 Å². The van der Waals surface area contributed by atoms with E-state index in [9.17, 15) is 0 Å². The molecule has 14 rings (SSSR count). The highest BCUT2D eigenvalue weighted by Crippen LogP contribution is 2.51. The summed E-state index contributed by atoms with van der Waals surface area (Å²) in [6, 6.07) is 101. The van der Waals surface area contributed by atoms with Gasteiger partial charge in [-0.2, -0.15) is 0 Å². The minimum absolute atomic E-state index is 0.173. The molecule has 0 aliphatic heterocycles. The maximum atomic E-state index is 6.28. The number of terminal acetylenes is 2. The summed E-state index contributed by atoms with van der Waals surface area (Å²) in [5.74, 6) is 5.80. The maximum Gasteiger partial charge on any atom is 0.0541 e. The number of benzene rings is 12. The van der Waals surface area contributed by atoms with Crippen molar-refractivity contribution < 1.29 is 0 Å². The first-order valence-corrected chi connectivity index (χ1v) is 27.6. The summed E-state index contributed by atoms with van der Waals surface area (Å²) < 4.78 is 2.37. The Kier molecular flexibility index (Phi) is 12.0. The topological polar surface area (TPSA) is 8.17 Å². The molecule has 0 spiro atoms. The predicted octanol–water partition coefficient (Wildman–Crippen LogP) is 20.5. The summed E-state index contributed by atoms with van der Waals surface area (Å²) >= 11 is 0. The quantitative estimate of drug-likeness (QED) is 0.124. The molecule has 0 fully saturated rings. The molecule has 0 amide bonds. The average Bonchev–Trinajstić information content (AvgIpc) is 4.23. The van der Waals surface area contributed by atoms with Crippen LogP contribution in [-0.4, -0.2) is 4.57 Å². The minimum atomic E-state index is -0.173. The van der Waals surface area contributed by atoms with E-state index >= 15 is 0 Å². The summed E-state index contributed by atoms with van der Waals surface area (Å²) in [6.45, 7) is 4.70. The summed E-state index contributed by atoms with van der Waals surface area (Å²) in [6.07, 6.45) is 12.4. The lowest BCUT2D eigenvalue weighted by Crippen LogP contribution is -2.16. The first-order chi connectivity index (χ1) is 39.8. The maximum absolute atomic E-state index is 6.28. The van der Waals surface area contributed by atoms with Crippen molar-refractivity contribution in [3.05, 3.63) is 301 Å². The van der Waals surface area contributed by atoms with Crippen molar-refractivity contribution in [2.24, 2.45) is 0 Å². The molecule has 12 aromatic carbocycles. The van der Waals surface area contributed by atoms with Crippen LogP contribution in [0, 0.1) is 24.7 Å². The van der Waals surface area contributed by atoms with Crippen molar-refractivity contribution in [1.82, 2.24) is 4.57 Å². The number of rotatable bonds is 10. The fourth-order valence-electron chi connectivity index (χ4n) is 12.5. The standard InChI is InChI=1S/C79H54N2/c1-5-53-25-20-30-70(69(53)6-2)64-49-61(48-63(50-64)62-46-59(54-21-10-7-11-22-54)45-60(47-62)55-23-12-8-13-24-55)57-35-40-67(41-36-57)80(68-42-43-72-71-28-16-18-31-75(71)79(3,4)76(72)52-68)66-38-33-56(34-39-66)58-37-44-78-74(51-58)73-29-17-19-32-77(73)81(78)65-26-14-9-15-27-65/h1-2,7-52H,3-4H3. The molecule has 2 heteroatoms. The molecule has 380 valence electrons. The van der Waals surface area contributed by atoms with Crippen molar-refractivity contribution in [3.63, 3.8) is 0 Å². The zero-order chi connectivity index (χ0) is 54.6. The lowest BCUT2D eigenvalue weighted by Gasteiger charge is -2.28. The Hall–Kier alpha value is -10.6. The molecule has 1 aromatic heterocycles. The Morgan fingerprint density at radius 2 is 0.790 bits per heavy atom. The Labute approximate surface area is 474 Å². The minimum Gasteiger partial charge on any atom is -0.310 e. The van der Waals surface area contributed by atoms with E-state index in [1.807, 2.05) is 12.1 Å². The van der Waals surface area contributed by atoms with E-state index in [-0.39, 0.29) is 5.41 Å². The van der Waals surface area contributed by atoms with Crippen LogP contribution in [0.5, 0.6) is 0 Å². The van der Waals surface area contributed by atoms with Crippen molar-refractivity contribution in [2.75, 3.05) is 4.90 Å². The van der Waals surface area contributed by atoms with Crippen LogP contribution in [0.4, 0.5) is 17.1 Å². The highest BCUT2D eigenvalue weighted by molar-refractivity contribution is 6.10. The molecule has 2 nitrogen and oxygen atoms in total. The normalized spacial score (nSPS) is 12.1. The lowest BCUT2D eigenvalue weighted by molar-refractivity contribution is 0.660. The zero-order valence-electron chi connectivity index (χ0n) is 45.1. The monoisotopic (exact) mass is 1030 g/mol. The van der Waals surface area contributed by atoms with Crippen LogP contribution in [0.15, 0.2) is 279 Å². The number of hydrogen-bond donors (Lipinski definition) is 0. The zero-order valence-corrected chi connectivity index (χ0v) is 45.1. The van der Waals surface area contributed by atoms with Gasteiger partial charge in [-0.3, -0.25) is 0 Å². The number of para-hydroxylation sites is 2. The molecular formula is C79H54N2. The van der Waals surface area contributed by atoms with Gasteiger partial charge in [0.25, 0.3) is 0 Å². The van der Waals surface area contributed by atoms with Gasteiger partial charge >= 0.3 is 0 Å². The molecule has 0 atom stereocenters. The molecule has 81 heavy (non-hydrogen) atoms. The third-order valence-electron chi connectivity index (χ3n) is 16.5. The lowest BCUT2D eigenvalue weighted by atomic mass is 9.82.